The maximum Gasteiger partial charge on any atom is 0.0225 e. The fraction of sp³-hybridized carbons (Fsp3) is 1.00. The van der Waals surface area contributed by atoms with Gasteiger partial charge in [-0.05, 0) is 13.0 Å². The van der Waals surface area contributed by atoms with Crippen LogP contribution in [-0.2, 0) is 0 Å². The maximum atomic E-state index is 6.72. The van der Waals surface area contributed by atoms with E-state index in [9.17, 15) is 0 Å². The van der Waals surface area contributed by atoms with Crippen molar-refractivity contribution in [2.75, 3.05) is 19.6 Å². The van der Waals surface area contributed by atoms with Crippen molar-refractivity contribution in [2.24, 2.45) is 0 Å². The van der Waals surface area contributed by atoms with Crippen LogP contribution in [0, 0.1) is 0 Å². The minimum atomic E-state index is 0.500. The van der Waals surface area contributed by atoms with Crippen LogP contribution >= 0.6 is 0 Å². The quantitative estimate of drug-likeness (QED) is 0.507. The second-order valence-electron chi connectivity index (χ2n) is 1.50. The lowest BCUT2D eigenvalue weighted by Crippen LogP contribution is -2.19. The van der Waals surface area contributed by atoms with Gasteiger partial charge in [0.2, 0.25) is 0 Å². The molecule has 43 valence electrons. The Morgan fingerprint density at radius 2 is 2.14 bits per heavy atom. The van der Waals surface area contributed by atoms with Gasteiger partial charge in [-0.1, -0.05) is 6.92 Å². The highest BCUT2D eigenvalue weighted by Gasteiger charge is 1.77. The van der Waals surface area contributed by atoms with Gasteiger partial charge in [-0.3, -0.25) is 5.73 Å². The standard InChI is InChI=1S/C5H13N2/c1-2-4-7-5-3-6/h6-7H,2-5H2,1H3. The van der Waals surface area contributed by atoms with Gasteiger partial charge in [0, 0.05) is 13.1 Å². The molecule has 7 heavy (non-hydrogen) atoms. The zero-order chi connectivity index (χ0) is 5.54. The maximum absolute atomic E-state index is 6.72. The molecule has 0 aliphatic rings. The minimum absolute atomic E-state index is 0.500. The van der Waals surface area contributed by atoms with Gasteiger partial charge in [0.15, 0.2) is 0 Å². The Balaban J connectivity index is 2.45. The SMILES string of the molecule is CCCNCC[NH]. The Morgan fingerprint density at radius 1 is 1.43 bits per heavy atom. The Labute approximate surface area is 45.1 Å². The van der Waals surface area contributed by atoms with Crippen molar-refractivity contribution in [3.8, 4) is 0 Å². The molecule has 0 aromatic heterocycles. The molecule has 0 saturated heterocycles. The van der Waals surface area contributed by atoms with Gasteiger partial charge in [0.05, 0.1) is 0 Å². The molecule has 1 radical (unpaired) electrons. The molecule has 0 rings (SSSR count). The molecule has 2 N–H and O–H groups in total. The molecule has 0 unspecified atom stereocenters. The van der Waals surface area contributed by atoms with Crippen molar-refractivity contribution in [3.63, 3.8) is 0 Å². The lowest BCUT2D eigenvalue weighted by molar-refractivity contribution is 0.673. The van der Waals surface area contributed by atoms with Crippen LogP contribution in [0.1, 0.15) is 13.3 Å². The molecule has 0 saturated carbocycles. The van der Waals surface area contributed by atoms with Gasteiger partial charge in [0.1, 0.15) is 0 Å². The van der Waals surface area contributed by atoms with Crippen molar-refractivity contribution in [2.45, 2.75) is 13.3 Å². The third-order valence-electron chi connectivity index (χ3n) is 0.729. The van der Waals surface area contributed by atoms with E-state index in [0.717, 1.165) is 13.1 Å². The van der Waals surface area contributed by atoms with Crippen LogP contribution in [-0.4, -0.2) is 19.6 Å². The predicted molar refractivity (Wildman–Crippen MR) is 31.1 cm³/mol. The molecule has 0 heterocycles. The summed E-state index contributed by atoms with van der Waals surface area (Å²) in [4.78, 5) is 0. The highest BCUT2D eigenvalue weighted by atomic mass is 14.9. The monoisotopic (exact) mass is 101 g/mol. The molecule has 0 aliphatic heterocycles. The number of hydrogen-bond donors (Lipinski definition) is 1. The van der Waals surface area contributed by atoms with E-state index in [1.54, 1.807) is 0 Å². The summed E-state index contributed by atoms with van der Waals surface area (Å²) in [5.41, 5.74) is 6.72. The Hall–Kier alpha value is -0.0800. The third kappa shape index (κ3) is 5.92. The lowest BCUT2D eigenvalue weighted by Gasteiger charge is -1.95. The van der Waals surface area contributed by atoms with E-state index in [-0.39, 0.29) is 0 Å². The molecule has 0 aromatic rings. The molecule has 0 bridgehead atoms. The van der Waals surface area contributed by atoms with Gasteiger partial charge in [-0.2, -0.15) is 0 Å². The van der Waals surface area contributed by atoms with Crippen LogP contribution in [0.15, 0.2) is 0 Å². The van der Waals surface area contributed by atoms with Crippen molar-refractivity contribution in [3.05, 3.63) is 0 Å². The first-order valence-corrected chi connectivity index (χ1v) is 2.77. The summed E-state index contributed by atoms with van der Waals surface area (Å²) in [5.74, 6) is 0. The van der Waals surface area contributed by atoms with Gasteiger partial charge >= 0.3 is 0 Å². The Morgan fingerprint density at radius 3 is 2.57 bits per heavy atom. The number of nitrogens with one attached hydrogen (secondary N) is 2. The second-order valence-corrected chi connectivity index (χ2v) is 1.50. The first kappa shape index (κ1) is 6.92. The van der Waals surface area contributed by atoms with Crippen molar-refractivity contribution in [1.29, 1.82) is 0 Å². The molecule has 0 spiro atoms. The molecular weight excluding hydrogens is 88.1 g/mol. The number of rotatable bonds is 4. The van der Waals surface area contributed by atoms with Crippen LogP contribution in [0.3, 0.4) is 0 Å². The second kappa shape index (κ2) is 5.92. The third-order valence-corrected chi connectivity index (χ3v) is 0.729. The summed E-state index contributed by atoms with van der Waals surface area (Å²) in [6, 6.07) is 0. The zero-order valence-corrected chi connectivity index (χ0v) is 4.83. The van der Waals surface area contributed by atoms with E-state index >= 15 is 0 Å². The van der Waals surface area contributed by atoms with Gasteiger partial charge in [0.25, 0.3) is 0 Å². The van der Waals surface area contributed by atoms with Crippen LogP contribution in [0.25, 0.3) is 0 Å². The highest BCUT2D eigenvalue weighted by molar-refractivity contribution is 4.42. The highest BCUT2D eigenvalue weighted by Crippen LogP contribution is 1.66. The van der Waals surface area contributed by atoms with Crippen molar-refractivity contribution < 1.29 is 0 Å². The average molecular weight is 101 g/mol. The fourth-order valence-electron chi connectivity index (χ4n) is 0.390. The molecule has 2 nitrogen and oxygen atoms in total. The van der Waals surface area contributed by atoms with E-state index < -0.39 is 0 Å². The summed E-state index contributed by atoms with van der Waals surface area (Å²) in [6.45, 7) is 4.52. The van der Waals surface area contributed by atoms with Gasteiger partial charge in [-0.15, -0.1) is 0 Å². The van der Waals surface area contributed by atoms with E-state index in [4.69, 9.17) is 5.73 Å². The van der Waals surface area contributed by atoms with E-state index in [0.29, 0.717) is 6.54 Å². The van der Waals surface area contributed by atoms with E-state index in [2.05, 4.69) is 12.2 Å². The Bertz CT molecular complexity index is 25.3. The van der Waals surface area contributed by atoms with Crippen LogP contribution in [0.4, 0.5) is 0 Å². The first-order valence-electron chi connectivity index (χ1n) is 2.77. The van der Waals surface area contributed by atoms with Crippen molar-refractivity contribution in [1.82, 2.24) is 11.1 Å². The van der Waals surface area contributed by atoms with Gasteiger partial charge in [-0.25, -0.2) is 0 Å². The predicted octanol–water partition coefficient (Wildman–Crippen LogP) is 0.269. The fourth-order valence-corrected chi connectivity index (χ4v) is 0.390. The summed E-state index contributed by atoms with van der Waals surface area (Å²) in [7, 11) is 0. The Kier molecular flexibility index (Phi) is 5.85. The molecular formula is C5H13N2. The summed E-state index contributed by atoms with van der Waals surface area (Å²) >= 11 is 0. The largest absolute Gasteiger partial charge is 0.315 e. The smallest absolute Gasteiger partial charge is 0.0225 e. The number of hydrogen-bond acceptors (Lipinski definition) is 1. The van der Waals surface area contributed by atoms with E-state index in [1.165, 1.54) is 6.42 Å². The van der Waals surface area contributed by atoms with Crippen LogP contribution < -0.4 is 11.1 Å². The molecule has 0 aromatic carbocycles. The lowest BCUT2D eigenvalue weighted by atomic mass is 10.5. The molecule has 2 heteroatoms. The van der Waals surface area contributed by atoms with Crippen LogP contribution in [0.2, 0.25) is 0 Å². The zero-order valence-electron chi connectivity index (χ0n) is 4.83. The normalized spacial score (nSPS) is 9.43. The van der Waals surface area contributed by atoms with Crippen molar-refractivity contribution >= 4 is 0 Å². The topological polar surface area (TPSA) is 35.8 Å². The summed E-state index contributed by atoms with van der Waals surface area (Å²) in [5, 5.41) is 3.10. The van der Waals surface area contributed by atoms with Crippen LogP contribution in [0.5, 0.6) is 0 Å². The average Bonchev–Trinajstić information content (AvgIpc) is 1.69. The summed E-state index contributed by atoms with van der Waals surface area (Å²) in [6.07, 6.45) is 1.17. The first-order chi connectivity index (χ1) is 3.41. The molecule has 0 amide bonds. The van der Waals surface area contributed by atoms with E-state index in [1.807, 2.05) is 0 Å². The molecule has 0 fully saturated rings. The summed E-state index contributed by atoms with van der Waals surface area (Å²) < 4.78 is 0. The minimum Gasteiger partial charge on any atom is -0.315 e. The molecule has 0 aliphatic carbocycles. The molecule has 0 atom stereocenters. The van der Waals surface area contributed by atoms with Gasteiger partial charge < -0.3 is 5.32 Å².